The minimum atomic E-state index is -0.468. The van der Waals surface area contributed by atoms with Gasteiger partial charge in [-0.05, 0) is 30.9 Å². The number of urea groups is 1. The van der Waals surface area contributed by atoms with Crippen LogP contribution in [-0.2, 0) is 11.3 Å². The fourth-order valence-corrected chi connectivity index (χ4v) is 4.38. The third-order valence-corrected chi connectivity index (χ3v) is 6.13. The number of nitrogens with zero attached hydrogens (tertiary/aromatic N) is 2. The summed E-state index contributed by atoms with van der Waals surface area (Å²) < 4.78 is 1.48. The van der Waals surface area contributed by atoms with Crippen LogP contribution in [-0.4, -0.2) is 33.3 Å². The Balaban J connectivity index is 1.64. The molecule has 1 heterocycles. The number of hydrogen-bond donors (Lipinski definition) is 2. The van der Waals surface area contributed by atoms with E-state index >= 15 is 0 Å². The van der Waals surface area contributed by atoms with Gasteiger partial charge in [0.1, 0.15) is 0 Å². The number of amides is 3. The van der Waals surface area contributed by atoms with Crippen LogP contribution in [0.4, 0.5) is 4.79 Å². The molecule has 3 rings (SSSR count). The predicted octanol–water partition coefficient (Wildman–Crippen LogP) is 3.08. The van der Waals surface area contributed by atoms with Crippen LogP contribution < -0.4 is 16.2 Å². The first kappa shape index (κ1) is 21.1. The molecule has 1 saturated carbocycles. The van der Waals surface area contributed by atoms with Gasteiger partial charge in [0.25, 0.3) is 5.56 Å². The molecule has 1 aromatic carbocycles. The standard InChI is InChI=1S/C21H26N4O3S/c1-3-12-25-19(27)15-9-5-7-11-17(15)23-21(25)29-13-18(26)24-20(28)22-16-10-6-4-8-14(16)2/h3,5,7,9,11,14,16H,1,4,6,8,10,12-13H2,2H3,(H2,22,24,26,28)/t14-,16+/m1/s1. The van der Waals surface area contributed by atoms with E-state index in [0.717, 1.165) is 31.0 Å². The number of allylic oxidation sites excluding steroid dienone is 1. The molecule has 1 fully saturated rings. The second kappa shape index (κ2) is 9.73. The van der Waals surface area contributed by atoms with E-state index in [1.165, 1.54) is 11.0 Å². The molecule has 1 aliphatic rings. The van der Waals surface area contributed by atoms with Crippen molar-refractivity contribution in [2.45, 2.75) is 50.4 Å². The topological polar surface area (TPSA) is 93.1 Å². The summed E-state index contributed by atoms with van der Waals surface area (Å²) in [6.45, 7) is 6.09. The van der Waals surface area contributed by atoms with E-state index in [1.54, 1.807) is 24.3 Å². The molecule has 154 valence electrons. The predicted molar refractivity (Wildman–Crippen MR) is 115 cm³/mol. The van der Waals surface area contributed by atoms with Gasteiger partial charge in [-0.25, -0.2) is 9.78 Å². The number of rotatable bonds is 6. The van der Waals surface area contributed by atoms with Gasteiger partial charge in [-0.3, -0.25) is 19.5 Å². The van der Waals surface area contributed by atoms with Crippen molar-refractivity contribution in [1.82, 2.24) is 20.2 Å². The van der Waals surface area contributed by atoms with Gasteiger partial charge in [-0.2, -0.15) is 0 Å². The van der Waals surface area contributed by atoms with Crippen molar-refractivity contribution < 1.29 is 9.59 Å². The quantitative estimate of drug-likeness (QED) is 0.430. The van der Waals surface area contributed by atoms with E-state index in [9.17, 15) is 14.4 Å². The maximum absolute atomic E-state index is 12.7. The van der Waals surface area contributed by atoms with Crippen LogP contribution in [0, 0.1) is 5.92 Å². The van der Waals surface area contributed by atoms with Crippen molar-refractivity contribution in [3.05, 3.63) is 47.3 Å². The van der Waals surface area contributed by atoms with E-state index in [2.05, 4.69) is 29.1 Å². The van der Waals surface area contributed by atoms with E-state index in [0.29, 0.717) is 28.5 Å². The maximum atomic E-state index is 12.7. The van der Waals surface area contributed by atoms with Crippen molar-refractivity contribution in [1.29, 1.82) is 0 Å². The Morgan fingerprint density at radius 3 is 2.83 bits per heavy atom. The van der Waals surface area contributed by atoms with E-state index < -0.39 is 11.9 Å². The first-order valence-corrected chi connectivity index (χ1v) is 10.8. The summed E-state index contributed by atoms with van der Waals surface area (Å²) >= 11 is 1.12. The lowest BCUT2D eigenvalue weighted by Crippen LogP contribution is -2.48. The molecular weight excluding hydrogens is 388 g/mol. The number of carbonyl (C=O) groups is 2. The van der Waals surface area contributed by atoms with Gasteiger partial charge in [0.05, 0.1) is 16.7 Å². The third-order valence-electron chi connectivity index (χ3n) is 5.15. The van der Waals surface area contributed by atoms with E-state index in [1.807, 2.05) is 6.07 Å². The number of nitrogens with one attached hydrogen (secondary N) is 2. The van der Waals surface area contributed by atoms with Crippen LogP contribution in [0.25, 0.3) is 10.9 Å². The van der Waals surface area contributed by atoms with Gasteiger partial charge in [0.2, 0.25) is 5.91 Å². The van der Waals surface area contributed by atoms with Gasteiger partial charge in [-0.15, -0.1) is 6.58 Å². The summed E-state index contributed by atoms with van der Waals surface area (Å²) in [5, 5.41) is 6.21. The molecular formula is C21H26N4O3S. The molecule has 1 aliphatic carbocycles. The molecule has 0 unspecified atom stereocenters. The lowest BCUT2D eigenvalue weighted by Gasteiger charge is -2.29. The summed E-state index contributed by atoms with van der Waals surface area (Å²) in [5.74, 6) is -0.0344. The molecule has 2 atom stereocenters. The molecule has 0 spiro atoms. The van der Waals surface area contributed by atoms with Crippen LogP contribution in [0.3, 0.4) is 0 Å². The first-order chi connectivity index (χ1) is 14.0. The van der Waals surface area contributed by atoms with Crippen LogP contribution in [0.2, 0.25) is 0 Å². The molecule has 0 radical (unpaired) electrons. The second-order valence-electron chi connectivity index (χ2n) is 7.29. The normalized spacial score (nSPS) is 18.9. The summed E-state index contributed by atoms with van der Waals surface area (Å²) in [5.41, 5.74) is 0.396. The zero-order valence-electron chi connectivity index (χ0n) is 16.5. The van der Waals surface area contributed by atoms with Gasteiger partial charge in [0, 0.05) is 12.6 Å². The SMILES string of the molecule is C=CCn1c(SCC(=O)NC(=O)N[C@H]2CCCC[C@H]2C)nc2ccccc2c1=O. The summed E-state index contributed by atoms with van der Waals surface area (Å²) in [6, 6.07) is 6.72. The Morgan fingerprint density at radius 1 is 1.31 bits per heavy atom. The van der Waals surface area contributed by atoms with E-state index in [4.69, 9.17) is 0 Å². The number of imide groups is 1. The minimum Gasteiger partial charge on any atom is -0.335 e. The highest BCUT2D eigenvalue weighted by Crippen LogP contribution is 2.23. The molecule has 2 aromatic rings. The van der Waals surface area contributed by atoms with Crippen molar-refractivity contribution in [3.8, 4) is 0 Å². The average Bonchev–Trinajstić information content (AvgIpc) is 2.70. The second-order valence-corrected chi connectivity index (χ2v) is 8.24. The maximum Gasteiger partial charge on any atom is 0.321 e. The van der Waals surface area contributed by atoms with Gasteiger partial charge < -0.3 is 5.32 Å². The lowest BCUT2D eigenvalue weighted by molar-refractivity contribution is -0.117. The van der Waals surface area contributed by atoms with Crippen LogP contribution >= 0.6 is 11.8 Å². The Hall–Kier alpha value is -2.61. The molecule has 0 aliphatic heterocycles. The Labute approximate surface area is 174 Å². The van der Waals surface area contributed by atoms with Crippen LogP contribution in [0.5, 0.6) is 0 Å². The highest BCUT2D eigenvalue weighted by Gasteiger charge is 2.23. The molecule has 8 heteroatoms. The number of aromatic nitrogens is 2. The molecule has 2 N–H and O–H groups in total. The minimum absolute atomic E-state index is 0.0183. The summed E-state index contributed by atoms with van der Waals surface area (Å²) in [6.07, 6.45) is 5.91. The van der Waals surface area contributed by atoms with Crippen molar-refractivity contribution in [2.75, 3.05) is 5.75 Å². The lowest BCUT2D eigenvalue weighted by atomic mass is 9.86. The molecule has 7 nitrogen and oxygen atoms in total. The number of benzene rings is 1. The number of fused-ring (bicyclic) bond motifs is 1. The number of carbonyl (C=O) groups excluding carboxylic acids is 2. The van der Waals surface area contributed by atoms with Gasteiger partial charge >= 0.3 is 6.03 Å². The average molecular weight is 415 g/mol. The van der Waals surface area contributed by atoms with Crippen LogP contribution in [0.15, 0.2) is 46.9 Å². The van der Waals surface area contributed by atoms with Gasteiger partial charge in [0.15, 0.2) is 5.16 Å². The smallest absolute Gasteiger partial charge is 0.321 e. The number of para-hydroxylation sites is 1. The summed E-state index contributed by atoms with van der Waals surface area (Å²) in [7, 11) is 0. The molecule has 0 saturated heterocycles. The molecule has 0 bridgehead atoms. The Morgan fingerprint density at radius 2 is 2.07 bits per heavy atom. The van der Waals surface area contributed by atoms with Crippen molar-refractivity contribution in [3.63, 3.8) is 0 Å². The highest BCUT2D eigenvalue weighted by atomic mass is 32.2. The fraction of sp³-hybridized carbons (Fsp3) is 0.429. The zero-order chi connectivity index (χ0) is 20.8. The number of thioether (sulfide) groups is 1. The van der Waals surface area contributed by atoms with Crippen molar-refractivity contribution in [2.24, 2.45) is 5.92 Å². The monoisotopic (exact) mass is 414 g/mol. The Bertz CT molecular complexity index is 972. The fourth-order valence-electron chi connectivity index (χ4n) is 3.58. The summed E-state index contributed by atoms with van der Waals surface area (Å²) in [4.78, 5) is 41.6. The zero-order valence-corrected chi connectivity index (χ0v) is 17.3. The van der Waals surface area contributed by atoms with E-state index in [-0.39, 0.29) is 17.4 Å². The largest absolute Gasteiger partial charge is 0.335 e. The molecule has 29 heavy (non-hydrogen) atoms. The Kier molecular flexibility index (Phi) is 7.09. The van der Waals surface area contributed by atoms with Crippen molar-refractivity contribution >= 4 is 34.6 Å². The first-order valence-electron chi connectivity index (χ1n) is 9.83. The number of hydrogen-bond acceptors (Lipinski definition) is 5. The molecule has 3 amide bonds. The van der Waals surface area contributed by atoms with Crippen LogP contribution in [0.1, 0.15) is 32.6 Å². The third kappa shape index (κ3) is 5.26. The highest BCUT2D eigenvalue weighted by molar-refractivity contribution is 7.99. The molecule has 1 aromatic heterocycles. The van der Waals surface area contributed by atoms with Gasteiger partial charge in [-0.1, -0.05) is 49.7 Å².